The molecule has 1 saturated heterocycles. The third-order valence-corrected chi connectivity index (χ3v) is 4.71. The second-order valence-corrected chi connectivity index (χ2v) is 5.89. The summed E-state index contributed by atoms with van der Waals surface area (Å²) in [7, 11) is 0. The molecule has 3 nitrogen and oxygen atoms in total. The van der Waals surface area contributed by atoms with Crippen LogP contribution in [0.1, 0.15) is 38.7 Å². The summed E-state index contributed by atoms with van der Waals surface area (Å²) < 4.78 is 0. The van der Waals surface area contributed by atoms with Crippen molar-refractivity contribution in [1.82, 2.24) is 4.90 Å². The molecule has 0 saturated carbocycles. The van der Waals surface area contributed by atoms with Crippen LogP contribution >= 0.6 is 0 Å². The van der Waals surface area contributed by atoms with Gasteiger partial charge in [0.2, 0.25) is 0 Å². The molecule has 1 heterocycles. The molecule has 2 atom stereocenters. The molecule has 0 amide bonds. The Morgan fingerprint density at radius 2 is 2.05 bits per heavy atom. The number of phenolic OH excluding ortho intramolecular Hbond substituents is 1. The van der Waals surface area contributed by atoms with Crippen molar-refractivity contribution in [3.8, 4) is 5.75 Å². The van der Waals surface area contributed by atoms with Crippen molar-refractivity contribution in [3.05, 3.63) is 29.8 Å². The van der Waals surface area contributed by atoms with Gasteiger partial charge in [-0.3, -0.25) is 4.90 Å². The molecule has 1 fully saturated rings. The number of likely N-dealkylation sites (tertiary alicyclic amines) is 1. The lowest BCUT2D eigenvalue weighted by atomic mass is 9.84. The minimum atomic E-state index is 0.0575. The maximum Gasteiger partial charge on any atom is 0.115 e. The number of nitrogens with two attached hydrogens (primary N) is 1. The Bertz CT molecular complexity index is 415. The number of benzene rings is 1. The zero-order valence-corrected chi connectivity index (χ0v) is 12.1. The van der Waals surface area contributed by atoms with Crippen molar-refractivity contribution in [2.45, 2.75) is 51.1 Å². The lowest BCUT2D eigenvalue weighted by Crippen LogP contribution is -2.57. The fraction of sp³-hybridized carbons (Fsp3) is 0.625. The third-order valence-electron chi connectivity index (χ3n) is 4.71. The van der Waals surface area contributed by atoms with E-state index in [1.54, 1.807) is 6.07 Å². The molecule has 0 radical (unpaired) electrons. The Morgan fingerprint density at radius 3 is 2.63 bits per heavy atom. The lowest BCUT2D eigenvalue weighted by Gasteiger charge is -2.43. The molecule has 1 aromatic rings. The van der Waals surface area contributed by atoms with E-state index in [4.69, 9.17) is 5.73 Å². The van der Waals surface area contributed by atoms with E-state index < -0.39 is 0 Å². The molecule has 0 spiro atoms. The molecule has 2 rings (SSSR count). The zero-order chi connectivity index (χ0) is 13.9. The molecule has 0 aliphatic carbocycles. The summed E-state index contributed by atoms with van der Waals surface area (Å²) in [5.41, 5.74) is 7.68. The molecule has 1 aliphatic rings. The first-order valence-corrected chi connectivity index (χ1v) is 7.35. The SMILES string of the molecule is CCC(C)(C(N)Cc1cccc(O)c1)N1CCCC1. The second-order valence-electron chi connectivity index (χ2n) is 5.89. The van der Waals surface area contributed by atoms with Crippen LogP contribution in [0.25, 0.3) is 0 Å². The molecule has 3 heteroatoms. The minimum absolute atomic E-state index is 0.0575. The molecule has 1 aliphatic heterocycles. The molecule has 0 bridgehead atoms. The highest BCUT2D eigenvalue weighted by atomic mass is 16.3. The Morgan fingerprint density at radius 1 is 1.37 bits per heavy atom. The highest BCUT2D eigenvalue weighted by molar-refractivity contribution is 5.28. The van der Waals surface area contributed by atoms with Gasteiger partial charge >= 0.3 is 0 Å². The lowest BCUT2D eigenvalue weighted by molar-refractivity contribution is 0.0998. The molecule has 3 N–H and O–H groups in total. The Hall–Kier alpha value is -1.06. The number of phenols is 1. The van der Waals surface area contributed by atoms with Crippen LogP contribution in [0.2, 0.25) is 0 Å². The van der Waals surface area contributed by atoms with Crippen LogP contribution in [0.4, 0.5) is 0 Å². The van der Waals surface area contributed by atoms with Gasteiger partial charge in [-0.25, -0.2) is 0 Å². The molecule has 0 aromatic heterocycles. The fourth-order valence-electron chi connectivity index (χ4n) is 3.11. The summed E-state index contributed by atoms with van der Waals surface area (Å²) >= 11 is 0. The van der Waals surface area contributed by atoms with Gasteiger partial charge < -0.3 is 10.8 Å². The molecular formula is C16H26N2O. The van der Waals surface area contributed by atoms with Gasteiger partial charge in [-0.05, 0) is 63.4 Å². The molecule has 2 unspecified atom stereocenters. The van der Waals surface area contributed by atoms with Gasteiger partial charge in [-0.15, -0.1) is 0 Å². The largest absolute Gasteiger partial charge is 0.508 e. The van der Waals surface area contributed by atoms with Gasteiger partial charge in [0, 0.05) is 11.6 Å². The van der Waals surface area contributed by atoms with E-state index >= 15 is 0 Å². The highest BCUT2D eigenvalue weighted by Gasteiger charge is 2.37. The van der Waals surface area contributed by atoms with E-state index in [-0.39, 0.29) is 11.6 Å². The first-order valence-electron chi connectivity index (χ1n) is 7.35. The van der Waals surface area contributed by atoms with Crippen LogP contribution in [-0.2, 0) is 6.42 Å². The summed E-state index contributed by atoms with van der Waals surface area (Å²) in [5.74, 6) is 0.323. The predicted octanol–water partition coefficient (Wildman–Crippen LogP) is 2.53. The Balaban J connectivity index is 2.09. The van der Waals surface area contributed by atoms with Crippen LogP contribution in [0.3, 0.4) is 0 Å². The average Bonchev–Trinajstić information content (AvgIpc) is 2.92. The van der Waals surface area contributed by atoms with E-state index in [1.807, 2.05) is 18.2 Å². The van der Waals surface area contributed by atoms with Crippen LogP contribution in [0.5, 0.6) is 5.75 Å². The van der Waals surface area contributed by atoms with Crippen LogP contribution in [-0.4, -0.2) is 34.7 Å². The van der Waals surface area contributed by atoms with Gasteiger partial charge in [0.15, 0.2) is 0 Å². The van der Waals surface area contributed by atoms with Gasteiger partial charge in [0.25, 0.3) is 0 Å². The first-order chi connectivity index (χ1) is 9.06. The minimum Gasteiger partial charge on any atom is -0.508 e. The number of rotatable bonds is 5. The molecule has 106 valence electrons. The Kier molecular flexibility index (Phi) is 4.48. The third kappa shape index (κ3) is 3.10. The summed E-state index contributed by atoms with van der Waals surface area (Å²) in [5, 5.41) is 9.55. The van der Waals surface area contributed by atoms with Gasteiger partial charge in [-0.1, -0.05) is 19.1 Å². The van der Waals surface area contributed by atoms with Crippen molar-refractivity contribution in [1.29, 1.82) is 0 Å². The second kappa shape index (κ2) is 5.93. The van der Waals surface area contributed by atoms with Crippen LogP contribution < -0.4 is 5.73 Å². The summed E-state index contributed by atoms with van der Waals surface area (Å²) in [6, 6.07) is 7.54. The topological polar surface area (TPSA) is 49.5 Å². The predicted molar refractivity (Wildman–Crippen MR) is 79.3 cm³/mol. The summed E-state index contributed by atoms with van der Waals surface area (Å²) in [4.78, 5) is 2.54. The van der Waals surface area contributed by atoms with Crippen molar-refractivity contribution in [2.75, 3.05) is 13.1 Å². The molecular weight excluding hydrogens is 236 g/mol. The highest BCUT2D eigenvalue weighted by Crippen LogP contribution is 2.29. The summed E-state index contributed by atoms with van der Waals surface area (Å²) in [6.45, 7) is 6.84. The van der Waals surface area contributed by atoms with E-state index in [2.05, 4.69) is 18.7 Å². The number of hydrogen-bond acceptors (Lipinski definition) is 3. The summed E-state index contributed by atoms with van der Waals surface area (Å²) in [6.07, 6.45) is 4.45. The van der Waals surface area contributed by atoms with Crippen molar-refractivity contribution < 1.29 is 5.11 Å². The van der Waals surface area contributed by atoms with Gasteiger partial charge in [-0.2, -0.15) is 0 Å². The maximum atomic E-state index is 9.55. The maximum absolute atomic E-state index is 9.55. The first kappa shape index (κ1) is 14.4. The fourth-order valence-corrected chi connectivity index (χ4v) is 3.11. The van der Waals surface area contributed by atoms with E-state index in [9.17, 15) is 5.11 Å². The van der Waals surface area contributed by atoms with Crippen molar-refractivity contribution >= 4 is 0 Å². The molecule has 19 heavy (non-hydrogen) atoms. The number of hydrogen-bond donors (Lipinski definition) is 2. The van der Waals surface area contributed by atoms with E-state index in [0.29, 0.717) is 5.75 Å². The monoisotopic (exact) mass is 262 g/mol. The number of aromatic hydroxyl groups is 1. The number of nitrogens with zero attached hydrogens (tertiary/aromatic N) is 1. The Labute approximate surface area is 116 Å². The van der Waals surface area contributed by atoms with Gasteiger partial charge in [0.05, 0.1) is 0 Å². The van der Waals surface area contributed by atoms with Crippen LogP contribution in [0, 0.1) is 0 Å². The normalized spacial score (nSPS) is 21.2. The zero-order valence-electron chi connectivity index (χ0n) is 12.1. The van der Waals surface area contributed by atoms with E-state index in [1.165, 1.54) is 12.8 Å². The van der Waals surface area contributed by atoms with Crippen molar-refractivity contribution in [3.63, 3.8) is 0 Å². The van der Waals surface area contributed by atoms with Gasteiger partial charge in [0.1, 0.15) is 5.75 Å². The van der Waals surface area contributed by atoms with Crippen molar-refractivity contribution in [2.24, 2.45) is 5.73 Å². The quantitative estimate of drug-likeness (QED) is 0.857. The van der Waals surface area contributed by atoms with Crippen LogP contribution in [0.15, 0.2) is 24.3 Å². The standard InChI is InChI=1S/C16H26N2O/c1-3-16(2,18-9-4-5-10-18)15(17)12-13-7-6-8-14(19)11-13/h6-8,11,15,19H,3-5,9-10,12,17H2,1-2H3. The average molecular weight is 262 g/mol. The smallest absolute Gasteiger partial charge is 0.115 e. The van der Waals surface area contributed by atoms with E-state index in [0.717, 1.165) is 31.5 Å². The molecule has 1 aromatic carbocycles.